The van der Waals surface area contributed by atoms with Crippen LogP contribution in [0.5, 0.6) is 0 Å². The van der Waals surface area contributed by atoms with Crippen LogP contribution in [0.15, 0.2) is 59.6 Å². The van der Waals surface area contributed by atoms with E-state index in [0.717, 1.165) is 22.7 Å². The predicted molar refractivity (Wildman–Crippen MR) is 99.5 cm³/mol. The van der Waals surface area contributed by atoms with Gasteiger partial charge in [-0.2, -0.15) is 4.99 Å². The van der Waals surface area contributed by atoms with Crippen molar-refractivity contribution in [3.05, 3.63) is 74.9 Å². The Bertz CT molecular complexity index is 942. The van der Waals surface area contributed by atoms with Crippen LogP contribution >= 0.6 is 22.9 Å². The maximum atomic E-state index is 12.5. The molecule has 0 saturated carbocycles. The molecule has 3 aromatic rings. The van der Waals surface area contributed by atoms with E-state index in [0.29, 0.717) is 15.4 Å². The first-order valence-corrected chi connectivity index (χ1v) is 8.90. The first-order chi connectivity index (χ1) is 11.6. The number of hydrogen-bond donors (Lipinski definition) is 0. The van der Waals surface area contributed by atoms with Gasteiger partial charge in [-0.15, -0.1) is 11.3 Å². The maximum Gasteiger partial charge on any atom is 0.281 e. The molecule has 0 radical (unpaired) electrons. The van der Waals surface area contributed by atoms with E-state index < -0.39 is 0 Å². The number of rotatable bonds is 3. The summed E-state index contributed by atoms with van der Waals surface area (Å²) in [4.78, 5) is 18.7. The smallest absolute Gasteiger partial charge is 0.281 e. The Morgan fingerprint density at radius 1 is 1.12 bits per heavy atom. The molecular weight excluding hydrogens is 340 g/mol. The van der Waals surface area contributed by atoms with Gasteiger partial charge in [-0.3, -0.25) is 4.79 Å². The summed E-state index contributed by atoms with van der Waals surface area (Å²) in [7, 11) is 0. The van der Waals surface area contributed by atoms with Crippen LogP contribution in [0, 0.1) is 6.92 Å². The van der Waals surface area contributed by atoms with E-state index in [1.54, 1.807) is 24.3 Å². The van der Waals surface area contributed by atoms with Crippen LogP contribution in [0.1, 0.15) is 22.2 Å². The minimum absolute atomic E-state index is 0.316. The Balaban J connectivity index is 2.13. The van der Waals surface area contributed by atoms with Crippen LogP contribution in [0.3, 0.4) is 0 Å². The maximum absolute atomic E-state index is 12.5. The molecule has 0 spiro atoms. The number of aryl methyl sites for hydroxylation is 1. The highest BCUT2D eigenvalue weighted by molar-refractivity contribution is 7.09. The zero-order chi connectivity index (χ0) is 17.1. The number of amides is 1. The molecule has 0 fully saturated rings. The standard InChI is InChI=1S/C19H17ClN2OS/c1-3-22-17(14-9-5-4-6-10-14)13(2)24-19(22)21-18(23)15-11-7-8-12-16(15)20/h4-12H,3H2,1-2H3. The van der Waals surface area contributed by atoms with Crippen molar-refractivity contribution in [2.75, 3.05) is 0 Å². The van der Waals surface area contributed by atoms with Gasteiger partial charge < -0.3 is 4.57 Å². The second-order valence-corrected chi connectivity index (χ2v) is 6.89. The summed E-state index contributed by atoms with van der Waals surface area (Å²) < 4.78 is 2.07. The lowest BCUT2D eigenvalue weighted by molar-refractivity contribution is 0.0998. The molecule has 2 aromatic carbocycles. The molecule has 1 heterocycles. The highest BCUT2D eigenvalue weighted by atomic mass is 35.5. The molecule has 0 aliphatic heterocycles. The van der Waals surface area contributed by atoms with Gasteiger partial charge in [0.05, 0.1) is 16.3 Å². The molecule has 0 aliphatic rings. The van der Waals surface area contributed by atoms with Crippen molar-refractivity contribution in [2.45, 2.75) is 20.4 Å². The van der Waals surface area contributed by atoms with Crippen molar-refractivity contribution in [1.29, 1.82) is 0 Å². The third-order valence-corrected chi connectivity index (χ3v) is 5.07. The van der Waals surface area contributed by atoms with E-state index in [1.165, 1.54) is 11.3 Å². The largest absolute Gasteiger partial charge is 0.316 e. The molecule has 122 valence electrons. The number of thiazole rings is 1. The summed E-state index contributed by atoms with van der Waals surface area (Å²) in [5.74, 6) is -0.316. The van der Waals surface area contributed by atoms with E-state index in [2.05, 4.69) is 35.5 Å². The topological polar surface area (TPSA) is 34.4 Å². The van der Waals surface area contributed by atoms with Crippen molar-refractivity contribution in [1.82, 2.24) is 4.57 Å². The SMILES string of the molecule is CCn1c(-c2ccccc2)c(C)sc1=NC(=O)c1ccccc1Cl. The first kappa shape index (κ1) is 16.7. The fourth-order valence-electron chi connectivity index (χ4n) is 2.64. The van der Waals surface area contributed by atoms with Gasteiger partial charge >= 0.3 is 0 Å². The molecule has 1 aromatic heterocycles. The average Bonchev–Trinajstić information content (AvgIpc) is 2.91. The lowest BCUT2D eigenvalue weighted by Crippen LogP contribution is -2.17. The van der Waals surface area contributed by atoms with E-state index in [4.69, 9.17) is 11.6 Å². The third-order valence-electron chi connectivity index (χ3n) is 3.74. The molecule has 0 saturated heterocycles. The predicted octanol–water partition coefficient (Wildman–Crippen LogP) is 4.94. The molecular formula is C19H17ClN2OS. The molecule has 3 nitrogen and oxygen atoms in total. The van der Waals surface area contributed by atoms with Crippen molar-refractivity contribution in [2.24, 2.45) is 4.99 Å². The number of hydrogen-bond acceptors (Lipinski definition) is 2. The average molecular weight is 357 g/mol. The summed E-state index contributed by atoms with van der Waals surface area (Å²) in [6, 6.07) is 17.1. The van der Waals surface area contributed by atoms with Gasteiger partial charge in [0.15, 0.2) is 4.80 Å². The normalized spacial score (nSPS) is 11.7. The Labute approximate surface area is 149 Å². The highest BCUT2D eigenvalue weighted by Gasteiger charge is 2.14. The Hall–Kier alpha value is -2.17. The molecule has 0 N–H and O–H groups in total. The lowest BCUT2D eigenvalue weighted by Gasteiger charge is -2.07. The second kappa shape index (κ2) is 7.16. The fraction of sp³-hybridized carbons (Fsp3) is 0.158. The summed E-state index contributed by atoms with van der Waals surface area (Å²) in [5.41, 5.74) is 2.66. The van der Waals surface area contributed by atoms with Crippen molar-refractivity contribution >= 4 is 28.8 Å². The van der Waals surface area contributed by atoms with Gasteiger partial charge in [0.2, 0.25) is 0 Å². The fourth-order valence-corrected chi connectivity index (χ4v) is 3.91. The zero-order valence-corrected chi connectivity index (χ0v) is 15.1. The number of carbonyl (C=O) groups excluding carboxylic acids is 1. The Morgan fingerprint density at radius 3 is 2.46 bits per heavy atom. The van der Waals surface area contributed by atoms with Crippen LogP contribution < -0.4 is 4.80 Å². The van der Waals surface area contributed by atoms with E-state index in [-0.39, 0.29) is 5.91 Å². The summed E-state index contributed by atoms with van der Waals surface area (Å²) in [6.07, 6.45) is 0. The first-order valence-electron chi connectivity index (χ1n) is 7.71. The number of nitrogens with zero attached hydrogens (tertiary/aromatic N) is 2. The van der Waals surface area contributed by atoms with Gasteiger partial charge in [-0.05, 0) is 31.5 Å². The molecule has 3 rings (SSSR count). The highest BCUT2D eigenvalue weighted by Crippen LogP contribution is 2.25. The zero-order valence-electron chi connectivity index (χ0n) is 13.5. The van der Waals surface area contributed by atoms with Gasteiger partial charge in [0.25, 0.3) is 5.91 Å². The molecule has 0 unspecified atom stereocenters. The quantitative estimate of drug-likeness (QED) is 0.654. The second-order valence-electron chi connectivity index (χ2n) is 5.30. The van der Waals surface area contributed by atoms with Crippen molar-refractivity contribution in [3.8, 4) is 11.3 Å². The molecule has 0 atom stereocenters. The number of benzene rings is 2. The van der Waals surface area contributed by atoms with E-state index in [1.807, 2.05) is 18.2 Å². The molecule has 1 amide bonds. The monoisotopic (exact) mass is 356 g/mol. The summed E-state index contributed by atoms with van der Waals surface area (Å²) in [6.45, 7) is 4.85. The van der Waals surface area contributed by atoms with Gasteiger partial charge in [-0.1, -0.05) is 54.1 Å². The molecule has 24 heavy (non-hydrogen) atoms. The Kier molecular flexibility index (Phi) is 4.97. The molecule has 0 aliphatic carbocycles. The summed E-state index contributed by atoms with van der Waals surface area (Å²) >= 11 is 7.63. The minimum atomic E-state index is -0.316. The van der Waals surface area contributed by atoms with Crippen molar-refractivity contribution < 1.29 is 4.79 Å². The van der Waals surface area contributed by atoms with Crippen LogP contribution in [0.4, 0.5) is 0 Å². The summed E-state index contributed by atoms with van der Waals surface area (Å²) in [5, 5.41) is 0.422. The van der Waals surface area contributed by atoms with Gasteiger partial charge in [0.1, 0.15) is 0 Å². The molecule has 5 heteroatoms. The van der Waals surface area contributed by atoms with E-state index >= 15 is 0 Å². The van der Waals surface area contributed by atoms with Crippen LogP contribution in [0.25, 0.3) is 11.3 Å². The number of carbonyl (C=O) groups is 1. The number of halogens is 1. The Morgan fingerprint density at radius 2 is 1.79 bits per heavy atom. The van der Waals surface area contributed by atoms with Gasteiger partial charge in [-0.25, -0.2) is 0 Å². The number of aromatic nitrogens is 1. The lowest BCUT2D eigenvalue weighted by atomic mass is 10.1. The minimum Gasteiger partial charge on any atom is -0.316 e. The molecule has 0 bridgehead atoms. The van der Waals surface area contributed by atoms with Gasteiger partial charge in [0, 0.05) is 11.4 Å². The third kappa shape index (κ3) is 3.21. The van der Waals surface area contributed by atoms with Crippen molar-refractivity contribution in [3.63, 3.8) is 0 Å². The van der Waals surface area contributed by atoms with E-state index in [9.17, 15) is 4.79 Å². The van der Waals surface area contributed by atoms with Crippen LogP contribution in [0.2, 0.25) is 5.02 Å². The van der Waals surface area contributed by atoms with Crippen LogP contribution in [-0.4, -0.2) is 10.5 Å². The van der Waals surface area contributed by atoms with Crippen LogP contribution in [-0.2, 0) is 6.54 Å².